The lowest BCUT2D eigenvalue weighted by molar-refractivity contribution is 0.0693. The quantitative estimate of drug-likeness (QED) is 0.661. The summed E-state index contributed by atoms with van der Waals surface area (Å²) in [7, 11) is 0. The summed E-state index contributed by atoms with van der Waals surface area (Å²) in [5.41, 5.74) is 0.682. The number of aromatic nitrogens is 3. The summed E-state index contributed by atoms with van der Waals surface area (Å²) < 4.78 is 13.2. The maximum absolute atomic E-state index is 13.2. The zero-order valence-corrected chi connectivity index (χ0v) is 8.96. The third-order valence-electron chi connectivity index (χ3n) is 2.57. The molecule has 2 aromatic heterocycles. The molecule has 0 unspecified atom stereocenters. The van der Waals surface area contributed by atoms with Crippen LogP contribution in [0.4, 0.5) is 4.39 Å². The molecule has 1 N–H and O–H groups in total. The molecule has 18 heavy (non-hydrogen) atoms. The van der Waals surface area contributed by atoms with Crippen LogP contribution in [0.25, 0.3) is 21.9 Å². The van der Waals surface area contributed by atoms with Crippen LogP contribution >= 0.6 is 0 Å². The van der Waals surface area contributed by atoms with Gasteiger partial charge in [-0.1, -0.05) is 0 Å². The Morgan fingerprint density at radius 2 is 1.89 bits per heavy atom. The van der Waals surface area contributed by atoms with Crippen LogP contribution in [-0.2, 0) is 0 Å². The zero-order chi connectivity index (χ0) is 12.7. The van der Waals surface area contributed by atoms with Crippen LogP contribution in [0, 0.1) is 5.82 Å². The second kappa shape index (κ2) is 3.69. The van der Waals surface area contributed by atoms with E-state index in [1.807, 2.05) is 0 Å². The van der Waals surface area contributed by atoms with E-state index in [0.29, 0.717) is 16.4 Å². The van der Waals surface area contributed by atoms with E-state index < -0.39 is 11.8 Å². The Bertz CT molecular complexity index is 789. The first-order valence-electron chi connectivity index (χ1n) is 5.10. The number of fused-ring (bicyclic) bond motifs is 3. The number of nitrogens with zero attached hydrogens (tertiary/aromatic N) is 3. The van der Waals surface area contributed by atoms with Crippen molar-refractivity contribution in [1.29, 1.82) is 0 Å². The highest BCUT2D eigenvalue weighted by Gasteiger charge is 2.15. The maximum atomic E-state index is 13.2. The van der Waals surface area contributed by atoms with Crippen LogP contribution in [0.15, 0.2) is 30.6 Å². The molecular weight excluding hydrogens is 237 g/mol. The van der Waals surface area contributed by atoms with Crippen molar-refractivity contribution in [3.05, 3.63) is 42.1 Å². The lowest BCUT2D eigenvalue weighted by Gasteiger charge is -2.04. The molecule has 0 spiro atoms. The minimum Gasteiger partial charge on any atom is -0.476 e. The molecule has 0 bridgehead atoms. The maximum Gasteiger partial charge on any atom is 0.356 e. The standard InChI is InChI=1S/C12H6FN3O2/c13-6-1-2-8-7(5-6)9-10(15-4-3-14-9)11(16-8)12(17)18/h1-5H,(H,17,18). The SMILES string of the molecule is O=C(O)c1nc2ccc(F)cc2c2nccnc12. The summed E-state index contributed by atoms with van der Waals surface area (Å²) in [4.78, 5) is 23.1. The van der Waals surface area contributed by atoms with Crippen molar-refractivity contribution in [3.8, 4) is 0 Å². The van der Waals surface area contributed by atoms with Gasteiger partial charge in [-0.3, -0.25) is 9.97 Å². The van der Waals surface area contributed by atoms with E-state index in [9.17, 15) is 9.18 Å². The Kier molecular flexibility index (Phi) is 2.16. The summed E-state index contributed by atoms with van der Waals surface area (Å²) in [6.45, 7) is 0. The summed E-state index contributed by atoms with van der Waals surface area (Å²) in [6.07, 6.45) is 2.81. The Hall–Kier alpha value is -2.63. The van der Waals surface area contributed by atoms with Gasteiger partial charge in [0.15, 0.2) is 5.69 Å². The van der Waals surface area contributed by atoms with Crippen LogP contribution in [0.2, 0.25) is 0 Å². The molecule has 0 saturated carbocycles. The van der Waals surface area contributed by atoms with E-state index in [0.717, 1.165) is 0 Å². The van der Waals surface area contributed by atoms with Crippen molar-refractivity contribution in [3.63, 3.8) is 0 Å². The Morgan fingerprint density at radius 3 is 2.61 bits per heavy atom. The fourth-order valence-electron chi connectivity index (χ4n) is 1.83. The summed E-state index contributed by atoms with van der Waals surface area (Å²) >= 11 is 0. The zero-order valence-electron chi connectivity index (χ0n) is 8.96. The van der Waals surface area contributed by atoms with E-state index >= 15 is 0 Å². The van der Waals surface area contributed by atoms with E-state index in [1.54, 1.807) is 0 Å². The molecule has 0 aliphatic heterocycles. The highest BCUT2D eigenvalue weighted by molar-refractivity contribution is 6.09. The van der Waals surface area contributed by atoms with Gasteiger partial charge in [-0.05, 0) is 18.2 Å². The fraction of sp³-hybridized carbons (Fsp3) is 0. The van der Waals surface area contributed by atoms with E-state index in [-0.39, 0.29) is 11.2 Å². The van der Waals surface area contributed by atoms with Gasteiger partial charge in [0.2, 0.25) is 0 Å². The van der Waals surface area contributed by atoms with Gasteiger partial charge < -0.3 is 5.11 Å². The predicted octanol–water partition coefficient (Wildman–Crippen LogP) is 2.02. The number of rotatable bonds is 1. The number of hydrogen-bond donors (Lipinski definition) is 1. The number of halogens is 1. The van der Waals surface area contributed by atoms with Gasteiger partial charge in [0.1, 0.15) is 16.9 Å². The highest BCUT2D eigenvalue weighted by Crippen LogP contribution is 2.23. The van der Waals surface area contributed by atoms with Crippen molar-refractivity contribution in [2.75, 3.05) is 0 Å². The third-order valence-corrected chi connectivity index (χ3v) is 2.57. The lowest BCUT2D eigenvalue weighted by Crippen LogP contribution is -2.04. The van der Waals surface area contributed by atoms with Crippen molar-refractivity contribution < 1.29 is 14.3 Å². The van der Waals surface area contributed by atoms with Crippen molar-refractivity contribution in [1.82, 2.24) is 15.0 Å². The molecule has 1 aromatic carbocycles. The number of pyridine rings is 1. The largest absolute Gasteiger partial charge is 0.476 e. The fourth-order valence-corrected chi connectivity index (χ4v) is 1.83. The molecule has 0 aliphatic carbocycles. The van der Waals surface area contributed by atoms with Crippen LogP contribution in [0.1, 0.15) is 10.5 Å². The highest BCUT2D eigenvalue weighted by atomic mass is 19.1. The summed E-state index contributed by atoms with van der Waals surface area (Å²) in [5.74, 6) is -1.62. The van der Waals surface area contributed by atoms with Crippen molar-refractivity contribution >= 4 is 27.9 Å². The predicted molar refractivity (Wildman–Crippen MR) is 61.8 cm³/mol. The van der Waals surface area contributed by atoms with Gasteiger partial charge in [0.05, 0.1) is 5.52 Å². The number of hydrogen-bond acceptors (Lipinski definition) is 4. The minimum absolute atomic E-state index is 0.156. The summed E-state index contributed by atoms with van der Waals surface area (Å²) in [6, 6.07) is 3.92. The Morgan fingerprint density at radius 1 is 1.17 bits per heavy atom. The van der Waals surface area contributed by atoms with Gasteiger partial charge in [-0.2, -0.15) is 0 Å². The van der Waals surface area contributed by atoms with Gasteiger partial charge >= 0.3 is 5.97 Å². The topological polar surface area (TPSA) is 76.0 Å². The molecule has 0 atom stereocenters. The first-order valence-corrected chi connectivity index (χ1v) is 5.10. The van der Waals surface area contributed by atoms with Crippen molar-refractivity contribution in [2.24, 2.45) is 0 Å². The molecule has 0 aliphatic rings. The van der Waals surface area contributed by atoms with Crippen LogP contribution in [0.3, 0.4) is 0 Å². The molecule has 5 nitrogen and oxygen atoms in total. The lowest BCUT2D eigenvalue weighted by atomic mass is 10.1. The van der Waals surface area contributed by atoms with Crippen LogP contribution in [-0.4, -0.2) is 26.0 Å². The summed E-state index contributed by atoms with van der Waals surface area (Å²) in [5, 5.41) is 9.54. The second-order valence-corrected chi connectivity index (χ2v) is 3.68. The molecule has 0 saturated heterocycles. The molecule has 2 heterocycles. The van der Waals surface area contributed by atoms with E-state index in [4.69, 9.17) is 5.11 Å². The minimum atomic E-state index is -1.19. The molecule has 3 aromatic rings. The average Bonchev–Trinajstić information content (AvgIpc) is 2.37. The Balaban J connectivity index is 2.57. The monoisotopic (exact) mass is 243 g/mol. The molecule has 0 fully saturated rings. The smallest absolute Gasteiger partial charge is 0.356 e. The number of carbonyl (C=O) groups is 1. The number of carboxylic acid groups (broad SMARTS) is 1. The number of benzene rings is 1. The first-order chi connectivity index (χ1) is 8.66. The molecule has 0 radical (unpaired) electrons. The van der Waals surface area contributed by atoms with E-state index in [2.05, 4.69) is 15.0 Å². The first kappa shape index (κ1) is 10.5. The Labute approximate surface area is 99.9 Å². The molecular formula is C12H6FN3O2. The second-order valence-electron chi connectivity index (χ2n) is 3.68. The van der Waals surface area contributed by atoms with Gasteiger partial charge in [0.25, 0.3) is 0 Å². The average molecular weight is 243 g/mol. The molecule has 0 amide bonds. The van der Waals surface area contributed by atoms with Crippen LogP contribution < -0.4 is 0 Å². The number of aromatic carboxylic acids is 1. The molecule has 3 rings (SSSR count). The van der Waals surface area contributed by atoms with Gasteiger partial charge in [-0.25, -0.2) is 14.2 Å². The molecule has 6 heteroatoms. The van der Waals surface area contributed by atoms with Crippen LogP contribution in [0.5, 0.6) is 0 Å². The van der Waals surface area contributed by atoms with Crippen molar-refractivity contribution in [2.45, 2.75) is 0 Å². The third kappa shape index (κ3) is 1.46. The van der Waals surface area contributed by atoms with E-state index in [1.165, 1.54) is 30.6 Å². The molecule has 88 valence electrons. The normalized spacial score (nSPS) is 10.9. The van der Waals surface area contributed by atoms with Gasteiger partial charge in [0, 0.05) is 17.8 Å². The van der Waals surface area contributed by atoms with Gasteiger partial charge in [-0.15, -0.1) is 0 Å². The number of carboxylic acids is 1.